The van der Waals surface area contributed by atoms with E-state index in [-0.39, 0.29) is 28.2 Å². The second-order valence-corrected chi connectivity index (χ2v) is 11.2. The van der Waals surface area contributed by atoms with Crippen LogP contribution in [0.25, 0.3) is 0 Å². The van der Waals surface area contributed by atoms with Gasteiger partial charge in [0.05, 0.1) is 17.0 Å². The van der Waals surface area contributed by atoms with Gasteiger partial charge in [-0.05, 0) is 49.2 Å². The second-order valence-electron chi connectivity index (χ2n) is 7.48. The molecule has 33 heavy (non-hydrogen) atoms. The number of anilines is 1. The molecule has 0 spiro atoms. The first-order chi connectivity index (χ1) is 15.4. The predicted octanol–water partition coefficient (Wildman–Crippen LogP) is 4.47. The van der Waals surface area contributed by atoms with Crippen molar-refractivity contribution in [1.29, 1.82) is 0 Å². The Morgan fingerprint density at radius 2 is 1.85 bits per heavy atom. The first-order valence-corrected chi connectivity index (χ1v) is 13.6. The molecule has 0 bridgehead atoms. The summed E-state index contributed by atoms with van der Waals surface area (Å²) in [5, 5.41) is 3.19. The number of benzene rings is 2. The smallest absolute Gasteiger partial charge is 0.244 e. The summed E-state index contributed by atoms with van der Waals surface area (Å²) in [5.74, 6) is -0.887. The Morgan fingerprint density at radius 3 is 2.45 bits per heavy atom. The molecule has 0 fully saturated rings. The highest BCUT2D eigenvalue weighted by molar-refractivity contribution is 9.10. The average Bonchev–Trinajstić information content (AvgIpc) is 2.74. The number of amides is 2. The molecule has 1 N–H and O–H groups in total. The lowest BCUT2D eigenvalue weighted by Crippen LogP contribution is -2.51. The second kappa shape index (κ2) is 12.1. The summed E-state index contributed by atoms with van der Waals surface area (Å²) in [7, 11) is -3.89. The van der Waals surface area contributed by atoms with Crippen LogP contribution in [0.15, 0.2) is 46.9 Å². The highest BCUT2D eigenvalue weighted by Crippen LogP contribution is 2.31. The van der Waals surface area contributed by atoms with Gasteiger partial charge in [0.25, 0.3) is 0 Å². The van der Waals surface area contributed by atoms with E-state index in [0.29, 0.717) is 6.54 Å². The van der Waals surface area contributed by atoms with Crippen molar-refractivity contribution in [2.24, 2.45) is 0 Å². The maximum absolute atomic E-state index is 13.4. The van der Waals surface area contributed by atoms with Gasteiger partial charge in [0.15, 0.2) is 0 Å². The summed E-state index contributed by atoms with van der Waals surface area (Å²) in [6, 6.07) is 10.9. The maximum Gasteiger partial charge on any atom is 0.244 e. The molecule has 0 radical (unpaired) electrons. The lowest BCUT2D eigenvalue weighted by Gasteiger charge is -2.31. The zero-order valence-electron chi connectivity index (χ0n) is 18.5. The molecule has 0 aliphatic rings. The Kier molecular flexibility index (Phi) is 10.0. The molecule has 0 saturated heterocycles. The predicted molar refractivity (Wildman–Crippen MR) is 136 cm³/mol. The lowest BCUT2D eigenvalue weighted by molar-refractivity contribution is -0.139. The van der Waals surface area contributed by atoms with Crippen molar-refractivity contribution in [2.45, 2.75) is 32.9 Å². The fraction of sp³-hybridized carbons (Fsp3) is 0.364. The van der Waals surface area contributed by atoms with Crippen LogP contribution in [0.4, 0.5) is 5.69 Å². The number of carbonyl (C=O) groups is 2. The van der Waals surface area contributed by atoms with Crippen molar-refractivity contribution in [1.82, 2.24) is 10.2 Å². The van der Waals surface area contributed by atoms with Crippen LogP contribution in [0, 0.1) is 0 Å². The standard InChI is InChI=1S/C22H26BrCl2N3O4S/c1-4-10-26-22(30)15(2)27(13-16-6-5-7-17(23)11-16)21(29)14-28(33(3,31)32)20-12-18(24)8-9-19(20)25/h5-9,11-12,15H,4,10,13-14H2,1-3H3,(H,26,30)/t15-/m0/s1. The van der Waals surface area contributed by atoms with Crippen LogP contribution in [0.1, 0.15) is 25.8 Å². The van der Waals surface area contributed by atoms with Gasteiger partial charge >= 0.3 is 0 Å². The van der Waals surface area contributed by atoms with Gasteiger partial charge in [0.2, 0.25) is 21.8 Å². The molecule has 0 heterocycles. The summed E-state index contributed by atoms with van der Waals surface area (Å²) in [6.07, 6.45) is 1.72. The topological polar surface area (TPSA) is 86.8 Å². The number of carbonyl (C=O) groups excluding carboxylic acids is 2. The van der Waals surface area contributed by atoms with E-state index < -0.39 is 28.5 Å². The molecule has 2 aromatic carbocycles. The van der Waals surface area contributed by atoms with Crippen LogP contribution in [0.2, 0.25) is 10.0 Å². The molecule has 2 rings (SSSR count). The lowest BCUT2D eigenvalue weighted by atomic mass is 10.1. The monoisotopic (exact) mass is 577 g/mol. The molecule has 0 unspecified atom stereocenters. The number of nitrogens with one attached hydrogen (secondary N) is 1. The highest BCUT2D eigenvalue weighted by Gasteiger charge is 2.30. The molecule has 0 saturated carbocycles. The maximum atomic E-state index is 13.4. The van der Waals surface area contributed by atoms with Gasteiger partial charge in [-0.3, -0.25) is 13.9 Å². The molecule has 2 amide bonds. The first-order valence-electron chi connectivity index (χ1n) is 10.2. The van der Waals surface area contributed by atoms with Crippen LogP contribution in [0.3, 0.4) is 0 Å². The fourth-order valence-electron chi connectivity index (χ4n) is 3.08. The number of hydrogen-bond acceptors (Lipinski definition) is 4. The third-order valence-electron chi connectivity index (χ3n) is 4.81. The van der Waals surface area contributed by atoms with E-state index >= 15 is 0 Å². The van der Waals surface area contributed by atoms with E-state index in [2.05, 4.69) is 21.2 Å². The van der Waals surface area contributed by atoms with Crippen molar-refractivity contribution in [3.63, 3.8) is 0 Å². The quantitative estimate of drug-likeness (QED) is 0.451. The normalized spacial score (nSPS) is 12.2. The molecule has 1 atom stereocenters. The van der Waals surface area contributed by atoms with Crippen molar-refractivity contribution in [3.8, 4) is 0 Å². The van der Waals surface area contributed by atoms with E-state index in [4.69, 9.17) is 23.2 Å². The van der Waals surface area contributed by atoms with E-state index in [9.17, 15) is 18.0 Å². The molecule has 180 valence electrons. The van der Waals surface area contributed by atoms with Crippen LogP contribution >= 0.6 is 39.1 Å². The summed E-state index contributed by atoms with van der Waals surface area (Å²) in [5.41, 5.74) is 0.866. The Hall–Kier alpha value is -1.81. The largest absolute Gasteiger partial charge is 0.354 e. The molecule has 0 aromatic heterocycles. The van der Waals surface area contributed by atoms with Gasteiger partial charge in [-0.1, -0.05) is 58.2 Å². The summed E-state index contributed by atoms with van der Waals surface area (Å²) >= 11 is 15.7. The minimum absolute atomic E-state index is 0.0884. The molecule has 11 heteroatoms. The van der Waals surface area contributed by atoms with Gasteiger partial charge in [-0.2, -0.15) is 0 Å². The Labute approximate surface area is 213 Å². The SMILES string of the molecule is CCCNC(=O)[C@H](C)N(Cc1cccc(Br)c1)C(=O)CN(c1cc(Cl)ccc1Cl)S(C)(=O)=O. The van der Waals surface area contributed by atoms with Crippen molar-refractivity contribution >= 4 is 66.7 Å². The van der Waals surface area contributed by atoms with Gasteiger partial charge in [-0.15, -0.1) is 0 Å². The van der Waals surface area contributed by atoms with E-state index in [1.54, 1.807) is 6.92 Å². The number of sulfonamides is 1. The van der Waals surface area contributed by atoms with Gasteiger partial charge in [0.1, 0.15) is 12.6 Å². The molecule has 2 aromatic rings. The van der Waals surface area contributed by atoms with Crippen LogP contribution in [-0.4, -0.2) is 50.5 Å². The number of rotatable bonds is 10. The highest BCUT2D eigenvalue weighted by atomic mass is 79.9. The average molecular weight is 579 g/mol. The van der Waals surface area contributed by atoms with E-state index in [1.807, 2.05) is 31.2 Å². The molecular weight excluding hydrogens is 553 g/mol. The summed E-state index contributed by atoms with van der Waals surface area (Å²) < 4.78 is 26.9. The first kappa shape index (κ1) is 27.4. The van der Waals surface area contributed by atoms with Crippen LogP contribution in [0.5, 0.6) is 0 Å². The summed E-state index contributed by atoms with van der Waals surface area (Å²) in [6.45, 7) is 3.57. The number of nitrogens with zero attached hydrogens (tertiary/aromatic N) is 2. The Balaban J connectivity index is 2.42. The third kappa shape index (κ3) is 7.88. The molecule has 0 aliphatic heterocycles. The third-order valence-corrected chi connectivity index (χ3v) is 6.99. The van der Waals surface area contributed by atoms with Crippen molar-refractivity contribution in [3.05, 3.63) is 62.5 Å². The minimum Gasteiger partial charge on any atom is -0.354 e. The van der Waals surface area contributed by atoms with Gasteiger partial charge in [0, 0.05) is 22.6 Å². The zero-order valence-corrected chi connectivity index (χ0v) is 22.4. The number of halogens is 3. The Bertz CT molecular complexity index is 1110. The van der Waals surface area contributed by atoms with E-state index in [0.717, 1.165) is 27.0 Å². The summed E-state index contributed by atoms with van der Waals surface area (Å²) in [4.78, 5) is 27.5. The van der Waals surface area contributed by atoms with Gasteiger partial charge < -0.3 is 10.2 Å². The zero-order chi connectivity index (χ0) is 24.8. The Morgan fingerprint density at radius 1 is 1.15 bits per heavy atom. The molecule has 7 nitrogen and oxygen atoms in total. The van der Waals surface area contributed by atoms with Crippen molar-refractivity contribution < 1.29 is 18.0 Å². The van der Waals surface area contributed by atoms with E-state index in [1.165, 1.54) is 23.1 Å². The van der Waals surface area contributed by atoms with Crippen molar-refractivity contribution in [2.75, 3.05) is 23.7 Å². The van der Waals surface area contributed by atoms with Crippen LogP contribution < -0.4 is 9.62 Å². The van der Waals surface area contributed by atoms with Gasteiger partial charge in [-0.25, -0.2) is 8.42 Å². The molecule has 0 aliphatic carbocycles. The van der Waals surface area contributed by atoms with Crippen LogP contribution in [-0.2, 0) is 26.2 Å². The number of hydrogen-bond donors (Lipinski definition) is 1. The minimum atomic E-state index is -3.89. The fourth-order valence-corrected chi connectivity index (χ4v) is 4.82. The molecular formula is C22H26BrCl2N3O4S.